The Balaban J connectivity index is 2.40. The molecule has 1 saturated carbocycles. The van der Waals surface area contributed by atoms with E-state index >= 15 is 0 Å². The molecule has 0 heterocycles. The van der Waals surface area contributed by atoms with E-state index < -0.39 is 0 Å². The number of aliphatic imine (C=N–C) groups is 1. The van der Waals surface area contributed by atoms with Gasteiger partial charge in [0.05, 0.1) is 0 Å². The summed E-state index contributed by atoms with van der Waals surface area (Å²) in [6.07, 6.45) is 6.03. The Bertz CT molecular complexity index is 260. The van der Waals surface area contributed by atoms with Gasteiger partial charge in [-0.15, -0.1) is 0 Å². The van der Waals surface area contributed by atoms with Crippen molar-refractivity contribution in [3.63, 3.8) is 0 Å². The second-order valence-corrected chi connectivity index (χ2v) is 5.84. The normalized spacial score (nSPS) is 18.1. The number of hydrogen-bond acceptors (Lipinski definition) is 3. The molecule has 1 rings (SSSR count). The third kappa shape index (κ3) is 5.69. The average Bonchev–Trinajstić information content (AvgIpc) is 2.85. The number of nitrogens with zero attached hydrogens (tertiary/aromatic N) is 1. The minimum atomic E-state index is 0.134. The van der Waals surface area contributed by atoms with E-state index in [1.807, 2.05) is 0 Å². The average molecular weight is 256 g/mol. The number of nitrogens with one attached hydrogen (secondary N) is 2. The van der Waals surface area contributed by atoms with Crippen LogP contribution < -0.4 is 16.6 Å². The van der Waals surface area contributed by atoms with Gasteiger partial charge >= 0.3 is 0 Å². The van der Waals surface area contributed by atoms with E-state index in [0.717, 1.165) is 19.6 Å². The molecule has 0 unspecified atom stereocenters. The van der Waals surface area contributed by atoms with Crippen LogP contribution in [-0.4, -0.2) is 32.3 Å². The van der Waals surface area contributed by atoms with Gasteiger partial charge in [-0.05, 0) is 24.7 Å². The van der Waals surface area contributed by atoms with Gasteiger partial charge in [-0.1, -0.05) is 26.7 Å². The van der Waals surface area contributed by atoms with E-state index in [-0.39, 0.29) is 5.41 Å². The van der Waals surface area contributed by atoms with Crippen molar-refractivity contribution in [2.24, 2.45) is 16.3 Å². The van der Waals surface area contributed by atoms with Crippen LogP contribution in [0.3, 0.4) is 0 Å². The van der Waals surface area contributed by atoms with Crippen molar-refractivity contribution in [1.29, 1.82) is 0 Å². The molecule has 5 heteroatoms. The van der Waals surface area contributed by atoms with E-state index in [9.17, 15) is 0 Å². The van der Waals surface area contributed by atoms with E-state index in [1.165, 1.54) is 25.7 Å². The molecule has 18 heavy (non-hydrogen) atoms. The van der Waals surface area contributed by atoms with Crippen LogP contribution in [0, 0.1) is 5.41 Å². The van der Waals surface area contributed by atoms with Gasteiger partial charge in [0.15, 0.2) is 0 Å². The lowest BCUT2D eigenvalue weighted by molar-refractivity contribution is 0.155. The van der Waals surface area contributed by atoms with Crippen molar-refractivity contribution in [1.82, 2.24) is 10.7 Å². The number of nitrogens with two attached hydrogens (primary N) is 1. The molecule has 0 amide bonds. The largest absolute Gasteiger partial charge is 0.385 e. The van der Waals surface area contributed by atoms with Crippen LogP contribution in [-0.2, 0) is 4.74 Å². The molecule has 0 atom stereocenters. The van der Waals surface area contributed by atoms with Crippen LogP contribution in [0.1, 0.15) is 46.0 Å². The quantitative estimate of drug-likeness (QED) is 0.291. The summed E-state index contributed by atoms with van der Waals surface area (Å²) < 4.78 is 5.11. The SMILES string of the molecule is COCCC(C)(C)CN=C(NN)NC1CCCC1. The fourth-order valence-electron chi connectivity index (χ4n) is 2.15. The highest BCUT2D eigenvalue weighted by Gasteiger charge is 2.19. The number of ether oxygens (including phenoxy) is 1. The monoisotopic (exact) mass is 256 g/mol. The van der Waals surface area contributed by atoms with Gasteiger partial charge < -0.3 is 10.1 Å². The van der Waals surface area contributed by atoms with Gasteiger partial charge in [-0.25, -0.2) is 5.84 Å². The molecule has 0 aliphatic heterocycles. The van der Waals surface area contributed by atoms with Crippen molar-refractivity contribution >= 4 is 5.96 Å². The van der Waals surface area contributed by atoms with Gasteiger partial charge in [0, 0.05) is 26.3 Å². The molecule has 4 N–H and O–H groups in total. The Hall–Kier alpha value is -0.810. The summed E-state index contributed by atoms with van der Waals surface area (Å²) in [7, 11) is 1.73. The van der Waals surface area contributed by atoms with E-state index in [4.69, 9.17) is 10.6 Å². The van der Waals surface area contributed by atoms with Crippen LogP contribution in [0.4, 0.5) is 0 Å². The highest BCUT2D eigenvalue weighted by molar-refractivity contribution is 5.79. The van der Waals surface area contributed by atoms with E-state index in [1.54, 1.807) is 7.11 Å². The van der Waals surface area contributed by atoms with Crippen molar-refractivity contribution in [2.75, 3.05) is 20.3 Å². The summed E-state index contributed by atoms with van der Waals surface area (Å²) >= 11 is 0. The number of hydrazine groups is 1. The Labute approximate surface area is 111 Å². The molecule has 0 bridgehead atoms. The van der Waals surface area contributed by atoms with Crippen molar-refractivity contribution in [3.05, 3.63) is 0 Å². The minimum absolute atomic E-state index is 0.134. The molecule has 0 aromatic carbocycles. The van der Waals surface area contributed by atoms with Gasteiger partial charge in [0.1, 0.15) is 0 Å². The summed E-state index contributed by atoms with van der Waals surface area (Å²) in [6.45, 7) is 5.90. The topological polar surface area (TPSA) is 71.7 Å². The molecular weight excluding hydrogens is 228 g/mol. The smallest absolute Gasteiger partial charge is 0.205 e. The summed E-state index contributed by atoms with van der Waals surface area (Å²) in [5.41, 5.74) is 2.80. The maximum absolute atomic E-state index is 5.51. The van der Waals surface area contributed by atoms with Gasteiger partial charge in [0.2, 0.25) is 5.96 Å². The molecule has 0 saturated heterocycles. The summed E-state index contributed by atoms with van der Waals surface area (Å²) in [5, 5.41) is 3.38. The van der Waals surface area contributed by atoms with Gasteiger partial charge in [-0.2, -0.15) is 0 Å². The summed E-state index contributed by atoms with van der Waals surface area (Å²) in [4.78, 5) is 4.54. The molecule has 0 radical (unpaired) electrons. The third-order valence-corrected chi connectivity index (χ3v) is 3.48. The predicted molar refractivity (Wildman–Crippen MR) is 75.3 cm³/mol. The zero-order valence-electron chi connectivity index (χ0n) is 12.0. The van der Waals surface area contributed by atoms with Crippen LogP contribution in [0.2, 0.25) is 0 Å². The maximum Gasteiger partial charge on any atom is 0.205 e. The first-order valence-electron chi connectivity index (χ1n) is 6.84. The third-order valence-electron chi connectivity index (χ3n) is 3.48. The van der Waals surface area contributed by atoms with Crippen LogP contribution in [0.5, 0.6) is 0 Å². The highest BCUT2D eigenvalue weighted by atomic mass is 16.5. The highest BCUT2D eigenvalue weighted by Crippen LogP contribution is 2.21. The number of methoxy groups -OCH3 is 1. The first-order valence-corrected chi connectivity index (χ1v) is 6.84. The van der Waals surface area contributed by atoms with Gasteiger partial charge in [-0.3, -0.25) is 10.4 Å². The lowest BCUT2D eigenvalue weighted by Gasteiger charge is -2.23. The molecule has 1 aliphatic carbocycles. The first-order chi connectivity index (χ1) is 8.57. The second-order valence-electron chi connectivity index (χ2n) is 5.84. The Morgan fingerprint density at radius 2 is 2.06 bits per heavy atom. The fourth-order valence-corrected chi connectivity index (χ4v) is 2.15. The fraction of sp³-hybridized carbons (Fsp3) is 0.923. The maximum atomic E-state index is 5.51. The van der Waals surface area contributed by atoms with E-state index in [0.29, 0.717) is 12.0 Å². The first kappa shape index (κ1) is 15.2. The lowest BCUT2D eigenvalue weighted by Crippen LogP contribution is -2.46. The lowest BCUT2D eigenvalue weighted by atomic mass is 9.90. The predicted octanol–water partition coefficient (Wildman–Crippen LogP) is 1.40. The van der Waals surface area contributed by atoms with Crippen molar-refractivity contribution in [3.8, 4) is 0 Å². The molecule has 0 aromatic heterocycles. The van der Waals surface area contributed by atoms with Crippen molar-refractivity contribution in [2.45, 2.75) is 52.0 Å². The molecular formula is C13H28N4O. The molecule has 1 fully saturated rings. The van der Waals surface area contributed by atoms with E-state index in [2.05, 4.69) is 29.6 Å². The Morgan fingerprint density at radius 3 is 2.61 bits per heavy atom. The molecule has 1 aliphatic rings. The van der Waals surface area contributed by atoms with Crippen LogP contribution in [0.25, 0.3) is 0 Å². The summed E-state index contributed by atoms with van der Waals surface area (Å²) in [5.74, 6) is 6.23. The Morgan fingerprint density at radius 1 is 1.39 bits per heavy atom. The second kappa shape index (κ2) is 7.59. The Kier molecular flexibility index (Phi) is 6.43. The zero-order valence-corrected chi connectivity index (χ0v) is 12.0. The number of rotatable bonds is 6. The van der Waals surface area contributed by atoms with Gasteiger partial charge in [0.25, 0.3) is 0 Å². The zero-order chi connectivity index (χ0) is 13.4. The number of hydrogen-bond donors (Lipinski definition) is 3. The molecule has 0 aromatic rings. The minimum Gasteiger partial charge on any atom is -0.385 e. The molecule has 5 nitrogen and oxygen atoms in total. The molecule has 106 valence electrons. The van der Waals surface area contributed by atoms with Crippen LogP contribution in [0.15, 0.2) is 4.99 Å². The standard InChI is InChI=1S/C13H28N4O/c1-13(2,8-9-18-3)10-15-12(17-14)16-11-6-4-5-7-11/h11H,4-10,14H2,1-3H3,(H2,15,16,17). The number of guanidine groups is 1. The molecule has 0 spiro atoms. The van der Waals surface area contributed by atoms with Crippen LogP contribution >= 0.6 is 0 Å². The summed E-state index contributed by atoms with van der Waals surface area (Å²) in [6, 6.07) is 0.530. The van der Waals surface area contributed by atoms with Crippen molar-refractivity contribution < 1.29 is 4.74 Å².